The predicted octanol–water partition coefficient (Wildman–Crippen LogP) is 2.18. The largest absolute Gasteiger partial charge is 0.464 e. The molecule has 0 amide bonds. The number of esters is 1. The van der Waals surface area contributed by atoms with Crippen molar-refractivity contribution in [2.45, 2.75) is 26.3 Å². The fourth-order valence-electron chi connectivity index (χ4n) is 1.57. The summed E-state index contributed by atoms with van der Waals surface area (Å²) < 4.78 is 6.78. The highest BCUT2D eigenvalue weighted by Gasteiger charge is 2.21. The second-order valence-corrected chi connectivity index (χ2v) is 4.74. The number of ether oxygens (including phenoxy) is 1. The van der Waals surface area contributed by atoms with Crippen LogP contribution in [0.25, 0.3) is 0 Å². The second kappa shape index (κ2) is 6.91. The lowest BCUT2D eigenvalue weighted by Crippen LogP contribution is -2.12. The number of methoxy groups -OCH3 is 1. The standard InChI is InChI=1S/C12H13BrN4O2/c1-8-10(13)11(12(18)19-2)16-17(8)7-9(6-15)4-3-5-14/h9H,3-4,7H2,1-2H3/t9-/m0/s1. The molecule has 1 rings (SSSR count). The van der Waals surface area contributed by atoms with Crippen molar-refractivity contribution in [2.24, 2.45) is 5.92 Å². The van der Waals surface area contributed by atoms with E-state index in [4.69, 9.17) is 10.5 Å². The second-order valence-electron chi connectivity index (χ2n) is 3.94. The normalized spacial score (nSPS) is 11.4. The van der Waals surface area contributed by atoms with Gasteiger partial charge in [-0.15, -0.1) is 0 Å². The molecule has 19 heavy (non-hydrogen) atoms. The first kappa shape index (κ1) is 15.2. The van der Waals surface area contributed by atoms with Gasteiger partial charge in [-0.2, -0.15) is 15.6 Å². The lowest BCUT2D eigenvalue weighted by molar-refractivity contribution is 0.0592. The number of rotatable bonds is 5. The molecular weight excluding hydrogens is 312 g/mol. The highest BCUT2D eigenvalue weighted by Crippen LogP contribution is 2.22. The molecule has 0 aliphatic heterocycles. The van der Waals surface area contributed by atoms with Gasteiger partial charge in [0, 0.05) is 6.42 Å². The van der Waals surface area contributed by atoms with E-state index in [1.165, 1.54) is 7.11 Å². The van der Waals surface area contributed by atoms with Crippen molar-refractivity contribution in [1.29, 1.82) is 10.5 Å². The summed E-state index contributed by atoms with van der Waals surface area (Å²) in [5.74, 6) is -0.838. The Morgan fingerprint density at radius 2 is 2.26 bits per heavy atom. The van der Waals surface area contributed by atoms with Crippen molar-refractivity contribution in [3.05, 3.63) is 15.9 Å². The summed E-state index contributed by atoms with van der Waals surface area (Å²) in [6.07, 6.45) is 0.807. The summed E-state index contributed by atoms with van der Waals surface area (Å²) in [6, 6.07) is 4.15. The third-order valence-electron chi connectivity index (χ3n) is 2.69. The Morgan fingerprint density at radius 1 is 1.58 bits per heavy atom. The van der Waals surface area contributed by atoms with Crippen molar-refractivity contribution < 1.29 is 9.53 Å². The molecular formula is C12H13BrN4O2. The number of carbonyl (C=O) groups excluding carboxylic acids is 1. The van der Waals surface area contributed by atoms with Gasteiger partial charge in [0.25, 0.3) is 0 Å². The van der Waals surface area contributed by atoms with Gasteiger partial charge in [0.05, 0.1) is 41.9 Å². The minimum Gasteiger partial charge on any atom is -0.464 e. The summed E-state index contributed by atoms with van der Waals surface area (Å²) >= 11 is 3.29. The molecule has 0 bridgehead atoms. The molecule has 0 fully saturated rings. The van der Waals surface area contributed by atoms with E-state index < -0.39 is 5.97 Å². The maximum absolute atomic E-state index is 11.5. The molecule has 0 N–H and O–H groups in total. The molecule has 0 saturated carbocycles. The Morgan fingerprint density at radius 3 is 2.79 bits per heavy atom. The topological polar surface area (TPSA) is 91.7 Å². The zero-order chi connectivity index (χ0) is 14.4. The Hall–Kier alpha value is -1.86. The molecule has 0 spiro atoms. The van der Waals surface area contributed by atoms with Gasteiger partial charge < -0.3 is 4.74 Å². The van der Waals surface area contributed by atoms with Crippen molar-refractivity contribution in [3.63, 3.8) is 0 Å². The van der Waals surface area contributed by atoms with Crippen LogP contribution in [-0.2, 0) is 11.3 Å². The van der Waals surface area contributed by atoms with E-state index in [0.717, 1.165) is 5.69 Å². The van der Waals surface area contributed by atoms with Gasteiger partial charge in [-0.05, 0) is 29.3 Å². The minimum absolute atomic E-state index is 0.192. The fourth-order valence-corrected chi connectivity index (χ4v) is 2.02. The van der Waals surface area contributed by atoms with Crippen molar-refractivity contribution in [2.75, 3.05) is 7.11 Å². The number of hydrogen-bond donors (Lipinski definition) is 0. The van der Waals surface area contributed by atoms with E-state index in [9.17, 15) is 4.79 Å². The SMILES string of the molecule is COC(=O)c1nn(C[C@H](C#N)CCC#N)c(C)c1Br. The molecule has 1 heterocycles. The first-order chi connectivity index (χ1) is 9.04. The number of hydrogen-bond acceptors (Lipinski definition) is 5. The lowest BCUT2D eigenvalue weighted by atomic mass is 10.1. The fraction of sp³-hybridized carbons (Fsp3) is 0.500. The first-order valence-electron chi connectivity index (χ1n) is 5.62. The van der Waals surface area contributed by atoms with Gasteiger partial charge in [-0.3, -0.25) is 4.68 Å². The predicted molar refractivity (Wildman–Crippen MR) is 70.0 cm³/mol. The lowest BCUT2D eigenvalue weighted by Gasteiger charge is -2.08. The number of nitrogens with zero attached hydrogens (tertiary/aromatic N) is 4. The molecule has 0 aliphatic rings. The molecule has 0 saturated heterocycles. The number of aromatic nitrogens is 2. The number of halogens is 1. The first-order valence-corrected chi connectivity index (χ1v) is 6.42. The average molecular weight is 325 g/mol. The van der Waals surface area contributed by atoms with Gasteiger partial charge >= 0.3 is 5.97 Å². The van der Waals surface area contributed by atoms with Gasteiger partial charge in [-0.1, -0.05) is 0 Å². The van der Waals surface area contributed by atoms with Gasteiger partial charge in [0.2, 0.25) is 0 Å². The van der Waals surface area contributed by atoms with Gasteiger partial charge in [0.15, 0.2) is 5.69 Å². The molecule has 0 aliphatic carbocycles. The van der Waals surface area contributed by atoms with Crippen LogP contribution in [0.15, 0.2) is 4.47 Å². The molecule has 100 valence electrons. The molecule has 7 heteroatoms. The zero-order valence-electron chi connectivity index (χ0n) is 10.7. The highest BCUT2D eigenvalue weighted by atomic mass is 79.9. The van der Waals surface area contributed by atoms with Crippen LogP contribution in [0.1, 0.15) is 29.0 Å². The highest BCUT2D eigenvalue weighted by molar-refractivity contribution is 9.10. The summed E-state index contributed by atoms with van der Waals surface area (Å²) in [5.41, 5.74) is 0.939. The van der Waals surface area contributed by atoms with E-state index in [-0.39, 0.29) is 11.6 Å². The van der Waals surface area contributed by atoms with E-state index >= 15 is 0 Å². The van der Waals surface area contributed by atoms with Crippen LogP contribution in [0.4, 0.5) is 0 Å². The Kier molecular flexibility index (Phi) is 5.53. The number of carbonyl (C=O) groups is 1. The summed E-state index contributed by atoms with van der Waals surface area (Å²) in [7, 11) is 1.29. The molecule has 1 aromatic rings. The van der Waals surface area contributed by atoms with Gasteiger partial charge in [0.1, 0.15) is 0 Å². The van der Waals surface area contributed by atoms with Crippen LogP contribution < -0.4 is 0 Å². The van der Waals surface area contributed by atoms with Gasteiger partial charge in [-0.25, -0.2) is 4.79 Å². The van der Waals surface area contributed by atoms with Crippen LogP contribution >= 0.6 is 15.9 Å². The van der Waals surface area contributed by atoms with Crippen LogP contribution in [0.2, 0.25) is 0 Å². The van der Waals surface area contributed by atoms with Crippen LogP contribution in [-0.4, -0.2) is 22.9 Å². The molecule has 1 aromatic heterocycles. The third kappa shape index (κ3) is 3.55. The Labute approximate surface area is 119 Å². The van der Waals surface area contributed by atoms with E-state index in [1.54, 1.807) is 11.6 Å². The maximum atomic E-state index is 11.5. The molecule has 0 unspecified atom stereocenters. The average Bonchev–Trinajstić information content (AvgIpc) is 2.70. The monoisotopic (exact) mass is 324 g/mol. The summed E-state index contributed by atoms with van der Waals surface area (Å²) in [5, 5.41) is 21.7. The Balaban J connectivity index is 2.93. The van der Waals surface area contributed by atoms with E-state index in [0.29, 0.717) is 23.9 Å². The summed E-state index contributed by atoms with van der Waals surface area (Å²) in [6.45, 7) is 2.14. The van der Waals surface area contributed by atoms with Crippen LogP contribution in [0.5, 0.6) is 0 Å². The molecule has 6 nitrogen and oxygen atoms in total. The Bertz CT molecular complexity index is 553. The summed E-state index contributed by atoms with van der Waals surface area (Å²) in [4.78, 5) is 11.5. The van der Waals surface area contributed by atoms with Crippen molar-refractivity contribution in [3.8, 4) is 12.1 Å². The van der Waals surface area contributed by atoms with Crippen LogP contribution in [0, 0.1) is 35.5 Å². The number of nitriles is 2. The van der Waals surface area contributed by atoms with Crippen molar-refractivity contribution in [1.82, 2.24) is 9.78 Å². The van der Waals surface area contributed by atoms with E-state index in [1.807, 2.05) is 6.07 Å². The maximum Gasteiger partial charge on any atom is 0.359 e. The van der Waals surface area contributed by atoms with Crippen LogP contribution in [0.3, 0.4) is 0 Å². The quantitative estimate of drug-likeness (QED) is 0.774. The van der Waals surface area contributed by atoms with Crippen molar-refractivity contribution >= 4 is 21.9 Å². The third-order valence-corrected chi connectivity index (χ3v) is 3.64. The molecule has 0 radical (unpaired) electrons. The smallest absolute Gasteiger partial charge is 0.359 e. The molecule has 0 aromatic carbocycles. The zero-order valence-corrected chi connectivity index (χ0v) is 12.3. The minimum atomic E-state index is -0.528. The van der Waals surface area contributed by atoms with E-state index in [2.05, 4.69) is 31.8 Å². The molecule has 1 atom stereocenters.